The summed E-state index contributed by atoms with van der Waals surface area (Å²) in [4.78, 5) is 16.0. The number of anilines is 2. The van der Waals surface area contributed by atoms with Crippen molar-refractivity contribution in [2.45, 2.75) is 6.92 Å². The Labute approximate surface area is 123 Å². The summed E-state index contributed by atoms with van der Waals surface area (Å²) in [6, 6.07) is 5.91. The molecule has 2 rings (SSSR count). The van der Waals surface area contributed by atoms with E-state index in [1.54, 1.807) is 19.1 Å². The van der Waals surface area contributed by atoms with E-state index in [1.165, 1.54) is 18.3 Å². The van der Waals surface area contributed by atoms with Gasteiger partial charge in [0, 0.05) is 17.4 Å². The average molecular weight is 339 g/mol. The zero-order valence-corrected chi connectivity index (χ0v) is 12.2. The predicted molar refractivity (Wildman–Crippen MR) is 78.8 cm³/mol. The lowest BCUT2D eigenvalue weighted by molar-refractivity contribution is 0.102. The summed E-state index contributed by atoms with van der Waals surface area (Å²) in [6.07, 6.45) is 1.46. The third kappa shape index (κ3) is 3.12. The SMILES string of the molecule is Cc1cc(Br)c(F)cc1NC(=O)c1ccnc(NN)c1. The molecule has 0 unspecified atom stereocenters. The number of nitrogens with one attached hydrogen (secondary N) is 2. The molecule has 0 spiro atoms. The summed E-state index contributed by atoms with van der Waals surface area (Å²) in [5.74, 6) is 4.80. The molecule has 2 aromatic rings. The number of rotatable bonds is 3. The highest BCUT2D eigenvalue weighted by Gasteiger charge is 2.11. The van der Waals surface area contributed by atoms with Crippen molar-refractivity contribution in [2.24, 2.45) is 5.84 Å². The van der Waals surface area contributed by atoms with Gasteiger partial charge in [0.1, 0.15) is 11.6 Å². The molecule has 0 aliphatic rings. The monoisotopic (exact) mass is 338 g/mol. The van der Waals surface area contributed by atoms with Gasteiger partial charge in [0.15, 0.2) is 0 Å². The van der Waals surface area contributed by atoms with Crippen LogP contribution in [0.1, 0.15) is 15.9 Å². The number of halogens is 2. The average Bonchev–Trinajstić information content (AvgIpc) is 2.44. The zero-order valence-electron chi connectivity index (χ0n) is 10.6. The Morgan fingerprint density at radius 1 is 1.40 bits per heavy atom. The van der Waals surface area contributed by atoms with Crippen LogP contribution in [0.15, 0.2) is 34.9 Å². The van der Waals surface area contributed by atoms with Crippen LogP contribution in [0.4, 0.5) is 15.9 Å². The molecule has 0 fully saturated rings. The van der Waals surface area contributed by atoms with Gasteiger partial charge in [0.2, 0.25) is 0 Å². The second kappa shape index (κ2) is 5.98. The molecule has 1 aromatic carbocycles. The summed E-state index contributed by atoms with van der Waals surface area (Å²) in [6.45, 7) is 1.78. The molecule has 0 radical (unpaired) electrons. The van der Waals surface area contributed by atoms with E-state index >= 15 is 0 Å². The fourth-order valence-electron chi connectivity index (χ4n) is 1.63. The molecule has 4 N–H and O–H groups in total. The minimum atomic E-state index is -0.440. The van der Waals surface area contributed by atoms with Crippen LogP contribution >= 0.6 is 15.9 Å². The van der Waals surface area contributed by atoms with Gasteiger partial charge in [-0.25, -0.2) is 15.2 Å². The van der Waals surface area contributed by atoms with Gasteiger partial charge in [-0.3, -0.25) is 4.79 Å². The maximum Gasteiger partial charge on any atom is 0.255 e. The number of carbonyl (C=O) groups is 1. The van der Waals surface area contributed by atoms with Gasteiger partial charge in [-0.2, -0.15) is 0 Å². The molecule has 0 saturated heterocycles. The van der Waals surface area contributed by atoms with Crippen LogP contribution in [0.5, 0.6) is 0 Å². The van der Waals surface area contributed by atoms with Gasteiger partial charge in [-0.1, -0.05) is 0 Å². The van der Waals surface area contributed by atoms with E-state index in [-0.39, 0.29) is 5.91 Å². The molecule has 5 nitrogen and oxygen atoms in total. The maximum atomic E-state index is 13.5. The molecule has 0 atom stereocenters. The summed E-state index contributed by atoms with van der Waals surface area (Å²) in [5, 5.41) is 2.65. The molecule has 0 aliphatic carbocycles. The minimum absolute atomic E-state index is 0.353. The number of aromatic nitrogens is 1. The Kier molecular flexibility index (Phi) is 4.31. The van der Waals surface area contributed by atoms with Crippen molar-refractivity contribution in [3.05, 3.63) is 51.9 Å². The van der Waals surface area contributed by atoms with E-state index in [0.717, 1.165) is 5.56 Å². The first-order valence-electron chi connectivity index (χ1n) is 5.71. The van der Waals surface area contributed by atoms with E-state index < -0.39 is 5.82 Å². The van der Waals surface area contributed by atoms with Crippen molar-refractivity contribution in [1.82, 2.24) is 4.98 Å². The number of aryl methyl sites for hydroxylation is 1. The largest absolute Gasteiger partial charge is 0.322 e. The lowest BCUT2D eigenvalue weighted by Crippen LogP contribution is -2.15. The van der Waals surface area contributed by atoms with Crippen LogP contribution in [0.2, 0.25) is 0 Å². The Morgan fingerprint density at radius 2 is 2.15 bits per heavy atom. The van der Waals surface area contributed by atoms with Gasteiger partial charge in [-0.15, -0.1) is 0 Å². The van der Waals surface area contributed by atoms with Gasteiger partial charge in [0.05, 0.1) is 4.47 Å². The topological polar surface area (TPSA) is 80.0 Å². The fourth-order valence-corrected chi connectivity index (χ4v) is 2.08. The Hall–Kier alpha value is -1.99. The smallest absolute Gasteiger partial charge is 0.255 e. The van der Waals surface area contributed by atoms with Crippen LogP contribution in [0, 0.1) is 12.7 Å². The molecule has 0 bridgehead atoms. The minimum Gasteiger partial charge on any atom is -0.322 e. The molecule has 104 valence electrons. The van der Waals surface area contributed by atoms with Crippen LogP contribution in [0.3, 0.4) is 0 Å². The number of hydrogen-bond donors (Lipinski definition) is 3. The number of hydrogen-bond acceptors (Lipinski definition) is 4. The Bertz CT molecular complexity index is 663. The highest BCUT2D eigenvalue weighted by Crippen LogP contribution is 2.24. The first-order valence-corrected chi connectivity index (χ1v) is 6.50. The van der Waals surface area contributed by atoms with E-state index in [1.807, 2.05) is 0 Å². The van der Waals surface area contributed by atoms with Crippen molar-refractivity contribution < 1.29 is 9.18 Å². The highest BCUT2D eigenvalue weighted by molar-refractivity contribution is 9.10. The molecule has 20 heavy (non-hydrogen) atoms. The zero-order chi connectivity index (χ0) is 14.7. The van der Waals surface area contributed by atoms with Gasteiger partial charge < -0.3 is 10.7 Å². The first kappa shape index (κ1) is 14.4. The molecule has 0 saturated carbocycles. The van der Waals surface area contributed by atoms with Gasteiger partial charge >= 0.3 is 0 Å². The number of nitrogen functional groups attached to an aromatic ring is 1. The van der Waals surface area contributed by atoms with E-state index in [9.17, 15) is 9.18 Å². The molecular weight excluding hydrogens is 327 g/mol. The van der Waals surface area contributed by atoms with Crippen molar-refractivity contribution in [1.29, 1.82) is 0 Å². The normalized spacial score (nSPS) is 10.2. The molecule has 1 heterocycles. The lowest BCUT2D eigenvalue weighted by Gasteiger charge is -2.10. The summed E-state index contributed by atoms with van der Waals surface area (Å²) < 4.78 is 13.8. The van der Waals surface area contributed by atoms with Crippen LogP contribution in [-0.2, 0) is 0 Å². The number of nitrogens with zero attached hydrogens (tertiary/aromatic N) is 1. The molecule has 0 aliphatic heterocycles. The molecule has 1 amide bonds. The van der Waals surface area contributed by atoms with Crippen molar-refractivity contribution in [2.75, 3.05) is 10.7 Å². The summed E-state index contributed by atoms with van der Waals surface area (Å²) in [5.41, 5.74) is 3.89. The van der Waals surface area contributed by atoms with Gasteiger partial charge in [0.25, 0.3) is 5.91 Å². The van der Waals surface area contributed by atoms with Crippen LogP contribution in [0.25, 0.3) is 0 Å². The van der Waals surface area contributed by atoms with Crippen molar-refractivity contribution in [3.8, 4) is 0 Å². The van der Waals surface area contributed by atoms with E-state index in [2.05, 4.69) is 31.7 Å². The molecular formula is C13H12BrFN4O. The van der Waals surface area contributed by atoms with Crippen molar-refractivity contribution in [3.63, 3.8) is 0 Å². The third-order valence-electron chi connectivity index (χ3n) is 2.69. The van der Waals surface area contributed by atoms with Crippen LogP contribution in [-0.4, -0.2) is 10.9 Å². The number of amides is 1. The number of carbonyl (C=O) groups excluding carboxylic acids is 1. The fraction of sp³-hybridized carbons (Fsp3) is 0.0769. The highest BCUT2D eigenvalue weighted by atomic mass is 79.9. The number of nitrogens with two attached hydrogens (primary N) is 1. The standard InChI is InChI=1S/C13H12BrFN4O/c1-7-4-9(14)10(15)6-11(7)18-13(20)8-2-3-17-12(5-8)19-16/h2-6H,16H2,1H3,(H,17,19)(H,18,20). The van der Waals surface area contributed by atoms with Crippen molar-refractivity contribution >= 4 is 33.3 Å². The Balaban J connectivity index is 2.25. The number of pyridine rings is 1. The lowest BCUT2D eigenvalue weighted by atomic mass is 10.1. The summed E-state index contributed by atoms with van der Waals surface area (Å²) in [7, 11) is 0. The second-order valence-electron chi connectivity index (χ2n) is 4.11. The summed E-state index contributed by atoms with van der Waals surface area (Å²) >= 11 is 3.09. The quantitative estimate of drug-likeness (QED) is 0.593. The third-order valence-corrected chi connectivity index (χ3v) is 3.29. The second-order valence-corrected chi connectivity index (χ2v) is 4.96. The first-order chi connectivity index (χ1) is 9.51. The number of benzene rings is 1. The van der Waals surface area contributed by atoms with Gasteiger partial charge in [-0.05, 0) is 52.7 Å². The van der Waals surface area contributed by atoms with Crippen LogP contribution < -0.4 is 16.6 Å². The maximum absolute atomic E-state index is 13.5. The predicted octanol–water partition coefficient (Wildman–Crippen LogP) is 2.83. The Morgan fingerprint density at radius 3 is 2.85 bits per heavy atom. The van der Waals surface area contributed by atoms with E-state index in [4.69, 9.17) is 5.84 Å². The number of hydrazine groups is 1. The molecule has 1 aromatic heterocycles. The van der Waals surface area contributed by atoms with E-state index in [0.29, 0.717) is 21.5 Å². The molecule has 7 heteroatoms.